The Morgan fingerprint density at radius 2 is 2.36 bits per heavy atom. The molecule has 1 amide bonds. The maximum atomic E-state index is 11.6. The third-order valence-electron chi connectivity index (χ3n) is 1.81. The molecule has 0 radical (unpaired) electrons. The zero-order chi connectivity index (χ0) is 10.8. The second kappa shape index (κ2) is 4.06. The molecule has 0 unspecified atom stereocenters. The van der Waals surface area contributed by atoms with Gasteiger partial charge in [-0.1, -0.05) is 0 Å². The first kappa shape index (κ1) is 11.1. The smallest absolute Gasteiger partial charge is 0.271 e. The van der Waals surface area contributed by atoms with E-state index < -0.39 is 0 Å². The minimum Gasteiger partial charge on any atom is -0.345 e. The van der Waals surface area contributed by atoms with Crippen LogP contribution in [-0.2, 0) is 0 Å². The van der Waals surface area contributed by atoms with Gasteiger partial charge in [-0.3, -0.25) is 4.79 Å². The molecular weight excluding hydrogens is 198 g/mol. The predicted octanol–water partition coefficient (Wildman–Crippen LogP) is 0.919. The van der Waals surface area contributed by atoms with Crippen molar-refractivity contribution in [2.24, 2.45) is 5.73 Å². The Morgan fingerprint density at radius 1 is 1.71 bits per heavy atom. The average molecular weight is 213 g/mol. The number of nitrogens with zero attached hydrogens (tertiary/aromatic N) is 1. The molecule has 1 aromatic rings. The number of carbonyl (C=O) groups excluding carboxylic acids is 1. The Balaban J connectivity index is 2.68. The fourth-order valence-corrected chi connectivity index (χ4v) is 1.48. The fraction of sp³-hybridized carbons (Fsp3) is 0.556. The van der Waals surface area contributed by atoms with Crippen molar-refractivity contribution in [3.63, 3.8) is 0 Å². The first-order valence-electron chi connectivity index (χ1n) is 4.39. The molecule has 0 atom stereocenters. The number of thiazole rings is 1. The van der Waals surface area contributed by atoms with Gasteiger partial charge in [0.15, 0.2) is 0 Å². The van der Waals surface area contributed by atoms with E-state index in [2.05, 4.69) is 10.3 Å². The van der Waals surface area contributed by atoms with Crippen LogP contribution in [0, 0.1) is 6.92 Å². The van der Waals surface area contributed by atoms with E-state index in [-0.39, 0.29) is 11.4 Å². The van der Waals surface area contributed by atoms with E-state index in [0.29, 0.717) is 12.2 Å². The van der Waals surface area contributed by atoms with Gasteiger partial charge in [0.2, 0.25) is 0 Å². The number of aromatic nitrogens is 1. The Morgan fingerprint density at radius 3 is 2.79 bits per heavy atom. The van der Waals surface area contributed by atoms with Crippen molar-refractivity contribution in [3.05, 3.63) is 16.1 Å². The lowest BCUT2D eigenvalue weighted by Gasteiger charge is -2.23. The number of hydrogen-bond donors (Lipinski definition) is 2. The second-order valence-electron chi connectivity index (χ2n) is 3.79. The highest BCUT2D eigenvalue weighted by atomic mass is 32.1. The molecule has 0 saturated carbocycles. The lowest BCUT2D eigenvalue weighted by atomic mass is 10.1. The molecule has 1 heterocycles. The molecule has 1 aromatic heterocycles. The molecule has 0 aliphatic rings. The van der Waals surface area contributed by atoms with Crippen molar-refractivity contribution >= 4 is 17.2 Å². The molecule has 78 valence electrons. The van der Waals surface area contributed by atoms with Crippen LogP contribution < -0.4 is 11.1 Å². The summed E-state index contributed by atoms with van der Waals surface area (Å²) in [6, 6.07) is 0. The van der Waals surface area contributed by atoms with Gasteiger partial charge in [-0.15, -0.1) is 11.3 Å². The van der Waals surface area contributed by atoms with Gasteiger partial charge in [0, 0.05) is 17.5 Å². The van der Waals surface area contributed by atoms with Crippen molar-refractivity contribution in [2.75, 3.05) is 6.54 Å². The molecule has 14 heavy (non-hydrogen) atoms. The quantitative estimate of drug-likeness (QED) is 0.784. The van der Waals surface area contributed by atoms with Gasteiger partial charge in [0.1, 0.15) is 5.69 Å². The molecule has 0 aliphatic carbocycles. The molecule has 0 bridgehead atoms. The van der Waals surface area contributed by atoms with Gasteiger partial charge in [-0.2, -0.15) is 0 Å². The van der Waals surface area contributed by atoms with Crippen molar-refractivity contribution in [1.82, 2.24) is 10.3 Å². The summed E-state index contributed by atoms with van der Waals surface area (Å²) in [5.74, 6) is -0.162. The Kier molecular flexibility index (Phi) is 3.23. The van der Waals surface area contributed by atoms with Gasteiger partial charge in [-0.05, 0) is 20.8 Å². The summed E-state index contributed by atoms with van der Waals surface area (Å²) >= 11 is 1.46. The summed E-state index contributed by atoms with van der Waals surface area (Å²) < 4.78 is 0. The number of nitrogens with two attached hydrogens (primary N) is 1. The lowest BCUT2D eigenvalue weighted by Crippen LogP contribution is -2.48. The normalized spacial score (nSPS) is 11.4. The van der Waals surface area contributed by atoms with E-state index in [1.807, 2.05) is 20.8 Å². The van der Waals surface area contributed by atoms with E-state index in [4.69, 9.17) is 5.73 Å². The van der Waals surface area contributed by atoms with Crippen LogP contribution in [0.5, 0.6) is 0 Å². The van der Waals surface area contributed by atoms with E-state index in [1.54, 1.807) is 5.38 Å². The SMILES string of the molecule is Cc1nc(C(=O)NC(C)(C)CN)cs1. The maximum absolute atomic E-state index is 11.6. The van der Waals surface area contributed by atoms with Crippen molar-refractivity contribution in [3.8, 4) is 0 Å². The Hall–Kier alpha value is -0.940. The van der Waals surface area contributed by atoms with Crippen molar-refractivity contribution in [2.45, 2.75) is 26.3 Å². The van der Waals surface area contributed by atoms with Crippen LogP contribution in [0.4, 0.5) is 0 Å². The number of nitrogens with one attached hydrogen (secondary N) is 1. The number of amides is 1. The Labute approximate surface area is 87.5 Å². The average Bonchev–Trinajstić information content (AvgIpc) is 2.51. The van der Waals surface area contributed by atoms with Crippen LogP contribution in [0.1, 0.15) is 29.3 Å². The van der Waals surface area contributed by atoms with E-state index in [9.17, 15) is 4.79 Å². The summed E-state index contributed by atoms with van der Waals surface area (Å²) in [6.07, 6.45) is 0. The summed E-state index contributed by atoms with van der Waals surface area (Å²) in [4.78, 5) is 15.7. The fourth-order valence-electron chi connectivity index (χ4n) is 0.890. The third-order valence-corrected chi connectivity index (χ3v) is 2.59. The molecule has 3 N–H and O–H groups in total. The number of carbonyl (C=O) groups is 1. The van der Waals surface area contributed by atoms with Crippen LogP contribution in [-0.4, -0.2) is 23.0 Å². The molecule has 1 rings (SSSR count). The molecule has 4 nitrogen and oxygen atoms in total. The van der Waals surface area contributed by atoms with E-state index in [1.165, 1.54) is 11.3 Å². The van der Waals surface area contributed by atoms with Gasteiger partial charge >= 0.3 is 0 Å². The summed E-state index contributed by atoms with van der Waals surface area (Å²) in [5.41, 5.74) is 5.59. The first-order valence-corrected chi connectivity index (χ1v) is 5.27. The van der Waals surface area contributed by atoms with Gasteiger partial charge in [-0.25, -0.2) is 4.98 Å². The number of aryl methyl sites for hydroxylation is 1. The number of rotatable bonds is 3. The summed E-state index contributed by atoms with van der Waals surface area (Å²) in [5, 5.41) is 5.45. The van der Waals surface area contributed by atoms with Crippen LogP contribution in [0.15, 0.2) is 5.38 Å². The first-order chi connectivity index (χ1) is 6.44. The van der Waals surface area contributed by atoms with Crippen LogP contribution >= 0.6 is 11.3 Å². The molecular formula is C9H15N3OS. The van der Waals surface area contributed by atoms with Gasteiger partial charge in [0.25, 0.3) is 5.91 Å². The van der Waals surface area contributed by atoms with Gasteiger partial charge in [0.05, 0.1) is 5.01 Å². The molecule has 5 heteroatoms. The molecule has 0 aliphatic heterocycles. The van der Waals surface area contributed by atoms with E-state index in [0.717, 1.165) is 5.01 Å². The van der Waals surface area contributed by atoms with Crippen molar-refractivity contribution in [1.29, 1.82) is 0 Å². The van der Waals surface area contributed by atoms with Crippen LogP contribution in [0.25, 0.3) is 0 Å². The van der Waals surface area contributed by atoms with Crippen LogP contribution in [0.2, 0.25) is 0 Å². The zero-order valence-corrected chi connectivity index (χ0v) is 9.44. The molecule has 0 saturated heterocycles. The predicted molar refractivity (Wildman–Crippen MR) is 57.5 cm³/mol. The Bertz CT molecular complexity index is 333. The standard InChI is InChI=1S/C9H15N3OS/c1-6-11-7(4-14-6)8(13)12-9(2,3)5-10/h4H,5,10H2,1-3H3,(H,12,13). The summed E-state index contributed by atoms with van der Waals surface area (Å²) in [6.45, 7) is 6.03. The highest BCUT2D eigenvalue weighted by molar-refractivity contribution is 7.09. The topological polar surface area (TPSA) is 68.0 Å². The minimum absolute atomic E-state index is 0.162. The summed E-state index contributed by atoms with van der Waals surface area (Å²) in [7, 11) is 0. The lowest BCUT2D eigenvalue weighted by molar-refractivity contribution is 0.0911. The molecule has 0 aromatic carbocycles. The third kappa shape index (κ3) is 2.78. The van der Waals surface area contributed by atoms with E-state index >= 15 is 0 Å². The van der Waals surface area contributed by atoms with Crippen LogP contribution in [0.3, 0.4) is 0 Å². The highest BCUT2D eigenvalue weighted by Crippen LogP contribution is 2.09. The maximum Gasteiger partial charge on any atom is 0.271 e. The van der Waals surface area contributed by atoms with Gasteiger partial charge < -0.3 is 11.1 Å². The number of hydrogen-bond acceptors (Lipinski definition) is 4. The highest BCUT2D eigenvalue weighted by Gasteiger charge is 2.20. The minimum atomic E-state index is -0.380. The largest absolute Gasteiger partial charge is 0.345 e. The molecule has 0 spiro atoms. The zero-order valence-electron chi connectivity index (χ0n) is 8.63. The molecule has 0 fully saturated rings. The van der Waals surface area contributed by atoms with Crippen molar-refractivity contribution < 1.29 is 4.79 Å². The monoisotopic (exact) mass is 213 g/mol. The second-order valence-corrected chi connectivity index (χ2v) is 4.86.